The van der Waals surface area contributed by atoms with E-state index < -0.39 is 0 Å². The van der Waals surface area contributed by atoms with E-state index in [1.54, 1.807) is 14.2 Å². The smallest absolute Gasteiger partial charge is 0.127 e. The highest BCUT2D eigenvalue weighted by atomic mass is 16.5. The van der Waals surface area contributed by atoms with E-state index in [0.717, 1.165) is 74.0 Å². The normalized spacial score (nSPS) is 16.7. The van der Waals surface area contributed by atoms with E-state index in [9.17, 15) is 0 Å². The molecule has 0 N–H and O–H groups in total. The van der Waals surface area contributed by atoms with Gasteiger partial charge in [-0.05, 0) is 18.9 Å². The van der Waals surface area contributed by atoms with Crippen LogP contribution in [-0.4, -0.2) is 48.3 Å². The summed E-state index contributed by atoms with van der Waals surface area (Å²) >= 11 is 0. The van der Waals surface area contributed by atoms with E-state index in [0.29, 0.717) is 0 Å². The van der Waals surface area contributed by atoms with Crippen molar-refractivity contribution >= 4 is 0 Å². The Bertz CT molecular complexity index is 715. The van der Waals surface area contributed by atoms with Crippen LogP contribution < -0.4 is 9.47 Å². The summed E-state index contributed by atoms with van der Waals surface area (Å²) < 4.78 is 16.8. The van der Waals surface area contributed by atoms with E-state index in [2.05, 4.69) is 27.9 Å². The van der Waals surface area contributed by atoms with Gasteiger partial charge in [0.2, 0.25) is 0 Å². The average molecular weight is 371 g/mol. The Morgan fingerprint density at radius 3 is 2.59 bits per heavy atom. The Morgan fingerprint density at radius 1 is 1.15 bits per heavy atom. The Labute approximate surface area is 161 Å². The van der Waals surface area contributed by atoms with Gasteiger partial charge in [0.1, 0.15) is 17.3 Å². The van der Waals surface area contributed by atoms with E-state index >= 15 is 0 Å². The average Bonchev–Trinajstić information content (AvgIpc) is 3.22. The third kappa shape index (κ3) is 5.40. The van der Waals surface area contributed by atoms with E-state index in [1.165, 1.54) is 0 Å². The first-order valence-electron chi connectivity index (χ1n) is 9.56. The maximum atomic E-state index is 5.86. The third-order valence-corrected chi connectivity index (χ3v) is 4.86. The first-order chi connectivity index (χ1) is 13.2. The fraction of sp³-hybridized carbons (Fsp3) is 0.524. The lowest BCUT2D eigenvalue weighted by Crippen LogP contribution is -2.31. The van der Waals surface area contributed by atoms with Crippen molar-refractivity contribution in [2.24, 2.45) is 0 Å². The van der Waals surface area contributed by atoms with Gasteiger partial charge in [-0.15, -0.1) is 0 Å². The summed E-state index contributed by atoms with van der Waals surface area (Å²) in [5.74, 6) is 2.51. The lowest BCUT2D eigenvalue weighted by molar-refractivity contribution is 0.0675. The number of benzene rings is 1. The van der Waals surface area contributed by atoms with Crippen LogP contribution in [0.5, 0.6) is 11.5 Å². The molecule has 1 atom stereocenters. The summed E-state index contributed by atoms with van der Waals surface area (Å²) in [4.78, 5) is 11.3. The minimum atomic E-state index is 0.282. The predicted octanol–water partition coefficient (Wildman–Crippen LogP) is 3.24. The Kier molecular flexibility index (Phi) is 7.01. The number of hydrogen-bond acceptors (Lipinski definition) is 6. The van der Waals surface area contributed by atoms with Crippen LogP contribution in [0.25, 0.3) is 0 Å². The summed E-state index contributed by atoms with van der Waals surface area (Å²) in [5, 5.41) is 0. The van der Waals surface area contributed by atoms with Crippen LogP contribution in [-0.2, 0) is 24.2 Å². The first-order valence-corrected chi connectivity index (χ1v) is 9.56. The van der Waals surface area contributed by atoms with Crippen molar-refractivity contribution in [2.75, 3.05) is 27.4 Å². The molecule has 6 nitrogen and oxygen atoms in total. The predicted molar refractivity (Wildman–Crippen MR) is 104 cm³/mol. The zero-order valence-corrected chi connectivity index (χ0v) is 16.5. The second kappa shape index (κ2) is 9.67. The van der Waals surface area contributed by atoms with Gasteiger partial charge in [0.25, 0.3) is 0 Å². The maximum absolute atomic E-state index is 5.86. The molecule has 0 radical (unpaired) electrons. The van der Waals surface area contributed by atoms with Crippen molar-refractivity contribution in [3.05, 3.63) is 47.5 Å². The summed E-state index contributed by atoms with van der Waals surface area (Å²) in [7, 11) is 3.36. The van der Waals surface area contributed by atoms with Gasteiger partial charge in [-0.1, -0.05) is 13.0 Å². The molecule has 1 aromatic heterocycles. The molecule has 2 aromatic rings. The van der Waals surface area contributed by atoms with Crippen molar-refractivity contribution in [1.82, 2.24) is 14.9 Å². The molecule has 3 rings (SSSR count). The van der Waals surface area contributed by atoms with Gasteiger partial charge in [-0.3, -0.25) is 4.90 Å². The molecule has 0 aliphatic carbocycles. The molecule has 0 saturated carbocycles. The van der Waals surface area contributed by atoms with Gasteiger partial charge in [0.15, 0.2) is 0 Å². The summed E-state index contributed by atoms with van der Waals surface area (Å²) in [6.45, 7) is 5.35. The van der Waals surface area contributed by atoms with Gasteiger partial charge in [-0.2, -0.15) is 0 Å². The second-order valence-corrected chi connectivity index (χ2v) is 6.84. The highest BCUT2D eigenvalue weighted by molar-refractivity contribution is 5.40. The van der Waals surface area contributed by atoms with Crippen molar-refractivity contribution in [1.29, 1.82) is 0 Å². The summed E-state index contributed by atoms with van der Waals surface area (Å²) in [5.41, 5.74) is 2.24. The number of aromatic nitrogens is 2. The largest absolute Gasteiger partial charge is 0.497 e. The van der Waals surface area contributed by atoms with Crippen molar-refractivity contribution < 1.29 is 14.2 Å². The van der Waals surface area contributed by atoms with E-state index in [-0.39, 0.29) is 6.10 Å². The van der Waals surface area contributed by atoms with Crippen LogP contribution in [0.2, 0.25) is 0 Å². The number of ether oxygens (including phenoxy) is 3. The van der Waals surface area contributed by atoms with Gasteiger partial charge < -0.3 is 14.2 Å². The van der Waals surface area contributed by atoms with E-state index in [1.807, 2.05) is 24.5 Å². The molecule has 146 valence electrons. The molecular formula is C21H29N3O3. The quantitative estimate of drug-likeness (QED) is 0.674. The first kappa shape index (κ1) is 19.6. The molecule has 0 unspecified atom stereocenters. The number of rotatable bonds is 9. The Morgan fingerprint density at radius 2 is 1.96 bits per heavy atom. The molecule has 1 saturated heterocycles. The van der Waals surface area contributed by atoms with Crippen molar-refractivity contribution in [3.8, 4) is 11.5 Å². The van der Waals surface area contributed by atoms with Gasteiger partial charge in [0, 0.05) is 62.2 Å². The van der Waals surface area contributed by atoms with Gasteiger partial charge in [-0.25, -0.2) is 9.97 Å². The topological polar surface area (TPSA) is 56.7 Å². The minimum Gasteiger partial charge on any atom is -0.497 e. The number of methoxy groups -OCH3 is 2. The molecule has 1 aliphatic heterocycles. The van der Waals surface area contributed by atoms with Crippen LogP contribution in [0.1, 0.15) is 36.7 Å². The van der Waals surface area contributed by atoms with Crippen LogP contribution in [0, 0.1) is 0 Å². The number of hydrogen-bond donors (Lipinski definition) is 0. The Hall–Kier alpha value is -2.18. The van der Waals surface area contributed by atoms with Gasteiger partial charge in [0.05, 0.1) is 20.3 Å². The fourth-order valence-corrected chi connectivity index (χ4v) is 3.39. The van der Waals surface area contributed by atoms with Crippen LogP contribution >= 0.6 is 0 Å². The van der Waals surface area contributed by atoms with Gasteiger partial charge >= 0.3 is 0 Å². The zero-order valence-electron chi connectivity index (χ0n) is 16.5. The molecule has 6 heteroatoms. The molecule has 0 bridgehead atoms. The monoisotopic (exact) mass is 371 g/mol. The highest BCUT2D eigenvalue weighted by Gasteiger charge is 2.21. The molecular weight excluding hydrogens is 342 g/mol. The van der Waals surface area contributed by atoms with Crippen LogP contribution in [0.4, 0.5) is 0 Å². The fourth-order valence-electron chi connectivity index (χ4n) is 3.39. The number of nitrogens with zero attached hydrogens (tertiary/aromatic N) is 3. The second-order valence-electron chi connectivity index (χ2n) is 6.84. The molecule has 1 aromatic carbocycles. The minimum absolute atomic E-state index is 0.282. The van der Waals surface area contributed by atoms with E-state index in [4.69, 9.17) is 14.2 Å². The standard InChI is InChI=1S/C21H29N3O3/c1-4-21-22-11-16(12-23-21)13-24(15-19-6-5-9-27-19)14-17-7-8-18(25-2)10-20(17)26-3/h7-8,10-12,19H,4-6,9,13-15H2,1-3H3/t19-/m1/s1. The molecule has 1 aliphatic rings. The van der Waals surface area contributed by atoms with Crippen LogP contribution in [0.3, 0.4) is 0 Å². The molecule has 2 heterocycles. The lowest BCUT2D eigenvalue weighted by Gasteiger charge is -2.26. The molecule has 0 amide bonds. The number of aryl methyl sites for hydroxylation is 1. The molecule has 0 spiro atoms. The Balaban J connectivity index is 1.76. The zero-order chi connectivity index (χ0) is 19.1. The van der Waals surface area contributed by atoms with Crippen molar-refractivity contribution in [2.45, 2.75) is 45.4 Å². The third-order valence-electron chi connectivity index (χ3n) is 4.86. The molecule has 27 heavy (non-hydrogen) atoms. The maximum Gasteiger partial charge on any atom is 0.127 e. The lowest BCUT2D eigenvalue weighted by atomic mass is 10.1. The van der Waals surface area contributed by atoms with Crippen LogP contribution in [0.15, 0.2) is 30.6 Å². The SMILES string of the molecule is CCc1ncc(CN(Cc2ccc(OC)cc2OC)C[C@H]2CCCO2)cn1. The highest BCUT2D eigenvalue weighted by Crippen LogP contribution is 2.27. The van der Waals surface area contributed by atoms with Crippen molar-refractivity contribution in [3.63, 3.8) is 0 Å². The summed E-state index contributed by atoms with van der Waals surface area (Å²) in [6, 6.07) is 5.97. The summed E-state index contributed by atoms with van der Waals surface area (Å²) in [6.07, 6.45) is 7.24. The molecule has 1 fully saturated rings.